The highest BCUT2D eigenvalue weighted by Crippen LogP contribution is 2.13. The number of carbonyl (C=O) groups excluding carboxylic acids is 1. The van der Waals surface area contributed by atoms with E-state index in [1.807, 2.05) is 17.9 Å². The summed E-state index contributed by atoms with van der Waals surface area (Å²) in [5, 5.41) is 4.05. The second-order valence-corrected chi connectivity index (χ2v) is 6.28. The summed E-state index contributed by atoms with van der Waals surface area (Å²) >= 11 is 0. The van der Waals surface area contributed by atoms with E-state index in [0.717, 1.165) is 30.7 Å². The lowest BCUT2D eigenvalue weighted by molar-refractivity contribution is -0.139. The van der Waals surface area contributed by atoms with E-state index >= 15 is 0 Å². The molecule has 0 radical (unpaired) electrons. The van der Waals surface area contributed by atoms with Crippen LogP contribution in [-0.2, 0) is 22.5 Å². The number of nitrogens with zero attached hydrogens (tertiary/aromatic N) is 6. The van der Waals surface area contributed by atoms with Gasteiger partial charge < -0.3 is 9.64 Å². The Morgan fingerprint density at radius 1 is 1.36 bits per heavy atom. The molecule has 1 fully saturated rings. The van der Waals surface area contributed by atoms with Gasteiger partial charge in [-0.2, -0.15) is 5.10 Å². The monoisotopic (exact) mass is 344 g/mol. The summed E-state index contributed by atoms with van der Waals surface area (Å²) < 4.78 is 7.56. The van der Waals surface area contributed by atoms with Crippen molar-refractivity contribution in [1.82, 2.24) is 29.6 Å². The maximum absolute atomic E-state index is 12.4. The zero-order chi connectivity index (χ0) is 17.5. The molecule has 2 aromatic heterocycles. The molecule has 0 saturated carbocycles. The minimum Gasteiger partial charge on any atom is -0.375 e. The first-order chi connectivity index (χ1) is 12.2. The van der Waals surface area contributed by atoms with E-state index in [0.29, 0.717) is 32.7 Å². The fourth-order valence-corrected chi connectivity index (χ4v) is 2.97. The van der Waals surface area contributed by atoms with Crippen molar-refractivity contribution in [3.8, 4) is 0 Å². The normalized spacial score (nSPS) is 17.6. The lowest BCUT2D eigenvalue weighted by Crippen LogP contribution is -2.45. The number of ether oxygens (including phenoxy) is 1. The minimum atomic E-state index is 0.0725. The molecule has 1 amide bonds. The number of hydrogen-bond acceptors (Lipinski definition) is 6. The number of amides is 1. The van der Waals surface area contributed by atoms with Crippen molar-refractivity contribution in [3.63, 3.8) is 0 Å². The molecule has 1 saturated heterocycles. The zero-order valence-corrected chi connectivity index (χ0v) is 14.5. The van der Waals surface area contributed by atoms with Crippen molar-refractivity contribution in [3.05, 3.63) is 36.4 Å². The molecule has 25 heavy (non-hydrogen) atoms. The summed E-state index contributed by atoms with van der Waals surface area (Å²) in [7, 11) is 0. The molecule has 1 aliphatic rings. The van der Waals surface area contributed by atoms with E-state index in [2.05, 4.69) is 20.1 Å². The van der Waals surface area contributed by atoms with Crippen molar-refractivity contribution in [2.75, 3.05) is 19.7 Å². The summed E-state index contributed by atoms with van der Waals surface area (Å²) in [6.07, 6.45) is 7.84. The highest BCUT2D eigenvalue weighted by atomic mass is 16.5. The summed E-state index contributed by atoms with van der Waals surface area (Å²) in [5.41, 5.74) is 1.99. The van der Waals surface area contributed by atoms with Gasteiger partial charge in [-0.1, -0.05) is 0 Å². The maximum Gasteiger partial charge on any atom is 0.222 e. The highest BCUT2D eigenvalue weighted by molar-refractivity contribution is 5.76. The third-order valence-corrected chi connectivity index (χ3v) is 4.32. The van der Waals surface area contributed by atoms with Crippen LogP contribution in [0.4, 0.5) is 0 Å². The lowest BCUT2D eigenvalue weighted by Gasteiger charge is -2.33. The Morgan fingerprint density at radius 3 is 3.08 bits per heavy atom. The van der Waals surface area contributed by atoms with Crippen molar-refractivity contribution in [1.29, 1.82) is 0 Å². The molecule has 0 spiro atoms. The van der Waals surface area contributed by atoms with E-state index in [-0.39, 0.29) is 12.0 Å². The van der Waals surface area contributed by atoms with Crippen molar-refractivity contribution in [2.24, 2.45) is 0 Å². The number of aromatic nitrogens is 5. The van der Waals surface area contributed by atoms with Crippen molar-refractivity contribution >= 4 is 5.91 Å². The Morgan fingerprint density at radius 2 is 2.28 bits per heavy atom. The Balaban J connectivity index is 1.41. The van der Waals surface area contributed by atoms with Gasteiger partial charge in [-0.05, 0) is 32.3 Å². The summed E-state index contributed by atoms with van der Waals surface area (Å²) in [4.78, 5) is 26.6. The number of carbonyl (C=O) groups is 1. The second kappa shape index (κ2) is 8.66. The van der Waals surface area contributed by atoms with Gasteiger partial charge in [-0.25, -0.2) is 15.0 Å². The van der Waals surface area contributed by atoms with Crippen LogP contribution in [0.3, 0.4) is 0 Å². The van der Waals surface area contributed by atoms with Crippen LogP contribution in [0.5, 0.6) is 0 Å². The Kier molecular flexibility index (Phi) is 6.05. The lowest BCUT2D eigenvalue weighted by atomic mass is 10.1. The van der Waals surface area contributed by atoms with Crippen molar-refractivity contribution in [2.45, 2.75) is 45.3 Å². The number of rotatable bonds is 7. The molecule has 3 rings (SSSR count). The van der Waals surface area contributed by atoms with Crippen molar-refractivity contribution < 1.29 is 9.53 Å². The van der Waals surface area contributed by atoms with Crippen LogP contribution in [0, 0.1) is 6.92 Å². The molecule has 1 atom stereocenters. The fraction of sp³-hybridized carbons (Fsp3) is 0.588. The largest absolute Gasteiger partial charge is 0.375 e. The van der Waals surface area contributed by atoms with Gasteiger partial charge in [0.2, 0.25) is 5.91 Å². The van der Waals surface area contributed by atoms with Crippen LogP contribution in [-0.4, -0.2) is 61.3 Å². The van der Waals surface area contributed by atoms with Gasteiger partial charge in [0.05, 0.1) is 12.7 Å². The van der Waals surface area contributed by atoms with Crippen LogP contribution >= 0.6 is 0 Å². The average molecular weight is 344 g/mol. The number of morpholine rings is 1. The van der Waals surface area contributed by atoms with Crippen LogP contribution < -0.4 is 0 Å². The smallest absolute Gasteiger partial charge is 0.222 e. The Bertz CT molecular complexity index is 676. The zero-order valence-electron chi connectivity index (χ0n) is 14.5. The van der Waals surface area contributed by atoms with Gasteiger partial charge >= 0.3 is 0 Å². The summed E-state index contributed by atoms with van der Waals surface area (Å²) in [6.45, 7) is 4.61. The first kappa shape index (κ1) is 17.5. The maximum atomic E-state index is 12.4. The molecule has 0 N–H and O–H groups in total. The molecule has 134 valence electrons. The summed E-state index contributed by atoms with van der Waals surface area (Å²) in [5.74, 6) is 0.186. The van der Waals surface area contributed by atoms with Gasteiger partial charge in [0.15, 0.2) is 0 Å². The van der Waals surface area contributed by atoms with Crippen LogP contribution in [0.2, 0.25) is 0 Å². The third-order valence-electron chi connectivity index (χ3n) is 4.32. The Labute approximate surface area is 147 Å². The molecule has 8 heteroatoms. The molecular weight excluding hydrogens is 320 g/mol. The van der Waals surface area contributed by atoms with E-state index in [1.54, 1.807) is 17.3 Å². The molecule has 2 aromatic rings. The summed E-state index contributed by atoms with van der Waals surface area (Å²) in [6, 6.07) is 2.00. The average Bonchev–Trinajstić information content (AvgIpc) is 3.14. The molecule has 0 bridgehead atoms. The minimum absolute atomic E-state index is 0.0725. The molecule has 3 heterocycles. The van der Waals surface area contributed by atoms with Gasteiger partial charge in [-0.15, -0.1) is 0 Å². The number of aryl methyl sites for hydroxylation is 3. The predicted molar refractivity (Wildman–Crippen MR) is 90.7 cm³/mol. The Hall–Kier alpha value is -2.35. The van der Waals surface area contributed by atoms with E-state index in [4.69, 9.17) is 4.74 Å². The molecule has 0 unspecified atom stereocenters. The molecule has 0 aliphatic carbocycles. The highest BCUT2D eigenvalue weighted by Gasteiger charge is 2.23. The van der Waals surface area contributed by atoms with E-state index < -0.39 is 0 Å². The van der Waals surface area contributed by atoms with Gasteiger partial charge in [-0.3, -0.25) is 9.48 Å². The molecule has 1 aliphatic heterocycles. The predicted octanol–water partition coefficient (Wildman–Crippen LogP) is 1.02. The fourth-order valence-electron chi connectivity index (χ4n) is 2.97. The first-order valence-electron chi connectivity index (χ1n) is 8.70. The molecule has 8 nitrogen and oxygen atoms in total. The van der Waals surface area contributed by atoms with Gasteiger partial charge in [0.25, 0.3) is 0 Å². The topological polar surface area (TPSA) is 86.0 Å². The van der Waals surface area contributed by atoms with Crippen LogP contribution in [0.1, 0.15) is 30.7 Å². The third kappa shape index (κ3) is 5.32. The SMILES string of the molecule is Cc1cc(CC[C@H]2CN(C(=O)CCCn3cncn3)CCO2)ncn1. The van der Waals surface area contributed by atoms with E-state index in [9.17, 15) is 4.79 Å². The van der Waals surface area contributed by atoms with Gasteiger partial charge in [0, 0.05) is 37.4 Å². The molecule has 0 aromatic carbocycles. The van der Waals surface area contributed by atoms with Gasteiger partial charge in [0.1, 0.15) is 19.0 Å². The number of hydrogen-bond donors (Lipinski definition) is 0. The van der Waals surface area contributed by atoms with Crippen LogP contribution in [0.25, 0.3) is 0 Å². The van der Waals surface area contributed by atoms with E-state index in [1.165, 1.54) is 6.33 Å². The molecular formula is C17H24N6O2. The first-order valence-corrected chi connectivity index (χ1v) is 8.70. The standard InChI is InChI=1S/C17H24N6O2/c1-14-9-15(20-12-19-14)4-5-16-10-22(7-8-25-16)17(24)3-2-6-23-13-18-11-21-23/h9,11-13,16H,2-8,10H2,1H3/t16-/m0/s1. The van der Waals surface area contributed by atoms with Crippen LogP contribution in [0.15, 0.2) is 25.0 Å². The second-order valence-electron chi connectivity index (χ2n) is 6.28. The quantitative estimate of drug-likeness (QED) is 0.745.